The van der Waals surface area contributed by atoms with Gasteiger partial charge in [-0.1, -0.05) is 42.1 Å². The predicted octanol–water partition coefficient (Wildman–Crippen LogP) is 4.67. The topological polar surface area (TPSA) is 55.2 Å². The van der Waals surface area contributed by atoms with Gasteiger partial charge in [0.25, 0.3) is 5.56 Å². The highest BCUT2D eigenvalue weighted by molar-refractivity contribution is 7.99. The van der Waals surface area contributed by atoms with Gasteiger partial charge in [0.1, 0.15) is 5.82 Å². The lowest BCUT2D eigenvalue weighted by Gasteiger charge is -2.21. The fourth-order valence-electron chi connectivity index (χ4n) is 3.34. The average Bonchev–Trinajstić information content (AvgIpc) is 2.80. The number of thioether (sulfide) groups is 1. The second-order valence-corrected chi connectivity index (χ2v) is 7.73. The minimum atomic E-state index is -0.392. The summed E-state index contributed by atoms with van der Waals surface area (Å²) >= 11 is 1.19. The number of benzene rings is 3. The van der Waals surface area contributed by atoms with E-state index in [1.54, 1.807) is 23.1 Å². The first kappa shape index (κ1) is 20.8. The van der Waals surface area contributed by atoms with Crippen molar-refractivity contribution in [2.45, 2.75) is 12.1 Å². The Morgan fingerprint density at radius 1 is 1.00 bits per heavy atom. The van der Waals surface area contributed by atoms with Crippen LogP contribution in [0.1, 0.15) is 6.92 Å². The normalized spacial score (nSPS) is 10.9. The zero-order valence-electron chi connectivity index (χ0n) is 16.9. The first-order chi connectivity index (χ1) is 15.1. The lowest BCUT2D eigenvalue weighted by molar-refractivity contribution is -0.116. The number of para-hydroxylation sites is 2. The third kappa shape index (κ3) is 4.36. The molecular formula is C24H20FN3O2S. The minimum absolute atomic E-state index is 0.0910. The quantitative estimate of drug-likeness (QED) is 0.328. The van der Waals surface area contributed by atoms with Crippen LogP contribution in [-0.4, -0.2) is 27.8 Å². The van der Waals surface area contributed by atoms with E-state index in [1.165, 1.54) is 40.6 Å². The van der Waals surface area contributed by atoms with Crippen LogP contribution < -0.4 is 10.5 Å². The van der Waals surface area contributed by atoms with Gasteiger partial charge in [-0.2, -0.15) is 0 Å². The van der Waals surface area contributed by atoms with Crippen molar-refractivity contribution in [3.05, 3.63) is 95.0 Å². The largest absolute Gasteiger partial charge is 0.312 e. The number of hydrogen-bond donors (Lipinski definition) is 0. The Labute approximate surface area is 183 Å². The highest BCUT2D eigenvalue weighted by Gasteiger charge is 2.18. The Balaban J connectivity index is 1.71. The number of hydrogen-bond acceptors (Lipinski definition) is 4. The lowest BCUT2D eigenvalue weighted by Crippen LogP contribution is -2.32. The zero-order chi connectivity index (χ0) is 21.8. The van der Waals surface area contributed by atoms with E-state index in [2.05, 4.69) is 4.98 Å². The molecule has 31 heavy (non-hydrogen) atoms. The van der Waals surface area contributed by atoms with Gasteiger partial charge in [-0.15, -0.1) is 0 Å². The van der Waals surface area contributed by atoms with Crippen LogP contribution >= 0.6 is 11.8 Å². The summed E-state index contributed by atoms with van der Waals surface area (Å²) in [6.07, 6.45) is 0. The molecule has 0 radical (unpaired) electrons. The summed E-state index contributed by atoms with van der Waals surface area (Å²) in [5, 5.41) is 0.842. The standard InChI is InChI=1S/C24H20FN3O2S/c1-2-27(18-8-4-3-5-9-18)22(29)16-31-24-26-21-11-7-6-10-20(21)23(30)28(24)19-14-12-17(25)13-15-19/h3-15H,2,16H2,1H3. The van der Waals surface area contributed by atoms with Crippen molar-refractivity contribution < 1.29 is 9.18 Å². The molecule has 0 saturated carbocycles. The third-order valence-corrected chi connectivity index (χ3v) is 5.76. The van der Waals surface area contributed by atoms with Crippen molar-refractivity contribution in [3.63, 3.8) is 0 Å². The molecule has 0 fully saturated rings. The molecule has 1 heterocycles. The highest BCUT2D eigenvalue weighted by atomic mass is 32.2. The van der Waals surface area contributed by atoms with Gasteiger partial charge in [0.05, 0.1) is 22.3 Å². The first-order valence-corrected chi connectivity index (χ1v) is 10.8. The second kappa shape index (κ2) is 9.14. The van der Waals surface area contributed by atoms with Crippen molar-refractivity contribution in [3.8, 4) is 5.69 Å². The number of aromatic nitrogens is 2. The molecule has 0 spiro atoms. The number of nitrogens with zero attached hydrogens (tertiary/aromatic N) is 3. The fourth-order valence-corrected chi connectivity index (χ4v) is 4.23. The number of anilines is 1. The number of amides is 1. The molecule has 0 aliphatic carbocycles. The van der Waals surface area contributed by atoms with E-state index in [0.29, 0.717) is 28.3 Å². The molecule has 4 aromatic rings. The van der Waals surface area contributed by atoms with Gasteiger partial charge in [-0.3, -0.25) is 14.2 Å². The zero-order valence-corrected chi connectivity index (χ0v) is 17.7. The van der Waals surface area contributed by atoms with Crippen LogP contribution in [0.2, 0.25) is 0 Å². The maximum Gasteiger partial charge on any atom is 0.266 e. The fraction of sp³-hybridized carbons (Fsp3) is 0.125. The Kier molecular flexibility index (Phi) is 6.13. The number of halogens is 1. The van der Waals surface area contributed by atoms with Crippen LogP contribution in [0.5, 0.6) is 0 Å². The van der Waals surface area contributed by atoms with Crippen molar-refractivity contribution in [1.29, 1.82) is 0 Å². The van der Waals surface area contributed by atoms with E-state index < -0.39 is 5.82 Å². The van der Waals surface area contributed by atoms with E-state index in [0.717, 1.165) is 5.69 Å². The average molecular weight is 434 g/mol. The van der Waals surface area contributed by atoms with Crippen LogP contribution in [0.25, 0.3) is 16.6 Å². The van der Waals surface area contributed by atoms with Crippen LogP contribution in [-0.2, 0) is 4.79 Å². The molecule has 5 nitrogen and oxygen atoms in total. The molecule has 156 valence electrons. The molecule has 0 N–H and O–H groups in total. The molecule has 0 aliphatic heterocycles. The Morgan fingerprint density at radius 2 is 1.68 bits per heavy atom. The monoisotopic (exact) mass is 433 g/mol. The Bertz CT molecular complexity index is 1270. The van der Waals surface area contributed by atoms with E-state index in [4.69, 9.17) is 0 Å². The molecule has 0 saturated heterocycles. The highest BCUT2D eigenvalue weighted by Crippen LogP contribution is 2.23. The molecule has 1 amide bonds. The van der Waals surface area contributed by atoms with Gasteiger partial charge < -0.3 is 4.90 Å². The van der Waals surface area contributed by atoms with Gasteiger partial charge in [0.2, 0.25) is 5.91 Å². The lowest BCUT2D eigenvalue weighted by atomic mass is 10.2. The maximum atomic E-state index is 13.4. The van der Waals surface area contributed by atoms with Gasteiger partial charge >= 0.3 is 0 Å². The summed E-state index contributed by atoms with van der Waals surface area (Å²) in [5.41, 5.74) is 1.60. The van der Waals surface area contributed by atoms with Crippen molar-refractivity contribution in [2.75, 3.05) is 17.2 Å². The van der Waals surface area contributed by atoms with E-state index in [1.807, 2.05) is 43.3 Å². The van der Waals surface area contributed by atoms with Crippen LogP contribution in [0, 0.1) is 5.82 Å². The van der Waals surface area contributed by atoms with Crippen molar-refractivity contribution >= 4 is 34.3 Å². The number of carbonyl (C=O) groups is 1. The van der Waals surface area contributed by atoms with Crippen molar-refractivity contribution in [2.24, 2.45) is 0 Å². The molecule has 4 rings (SSSR count). The van der Waals surface area contributed by atoms with Crippen molar-refractivity contribution in [1.82, 2.24) is 9.55 Å². The van der Waals surface area contributed by atoms with Gasteiger partial charge in [-0.25, -0.2) is 9.37 Å². The van der Waals surface area contributed by atoms with Crippen LogP contribution in [0.3, 0.4) is 0 Å². The number of carbonyl (C=O) groups excluding carboxylic acids is 1. The predicted molar refractivity (Wildman–Crippen MR) is 122 cm³/mol. The molecule has 0 bridgehead atoms. The maximum absolute atomic E-state index is 13.4. The van der Waals surface area contributed by atoms with Gasteiger partial charge in [-0.05, 0) is 55.5 Å². The summed E-state index contributed by atoms with van der Waals surface area (Å²) in [6, 6.07) is 22.1. The van der Waals surface area contributed by atoms with Gasteiger partial charge in [0, 0.05) is 12.2 Å². The van der Waals surface area contributed by atoms with E-state index >= 15 is 0 Å². The smallest absolute Gasteiger partial charge is 0.266 e. The molecule has 7 heteroatoms. The second-order valence-electron chi connectivity index (χ2n) is 6.79. The first-order valence-electron chi connectivity index (χ1n) is 9.84. The molecule has 0 atom stereocenters. The summed E-state index contributed by atoms with van der Waals surface area (Å²) in [7, 11) is 0. The molecular weight excluding hydrogens is 413 g/mol. The summed E-state index contributed by atoms with van der Waals surface area (Å²) in [6.45, 7) is 2.44. The summed E-state index contributed by atoms with van der Waals surface area (Å²) < 4.78 is 14.9. The summed E-state index contributed by atoms with van der Waals surface area (Å²) in [4.78, 5) is 32.5. The Hall–Kier alpha value is -3.45. The Morgan fingerprint density at radius 3 is 2.39 bits per heavy atom. The molecule has 1 aromatic heterocycles. The molecule has 0 unspecified atom stereocenters. The summed E-state index contributed by atoms with van der Waals surface area (Å²) in [5.74, 6) is -0.377. The van der Waals surface area contributed by atoms with Crippen LogP contribution in [0.15, 0.2) is 88.8 Å². The van der Waals surface area contributed by atoms with Gasteiger partial charge in [0.15, 0.2) is 5.16 Å². The SMILES string of the molecule is CCN(C(=O)CSc1nc2ccccc2c(=O)n1-c1ccc(F)cc1)c1ccccc1. The molecule has 0 aliphatic rings. The van der Waals surface area contributed by atoms with E-state index in [-0.39, 0.29) is 17.2 Å². The third-order valence-electron chi connectivity index (χ3n) is 4.84. The number of fused-ring (bicyclic) bond motifs is 1. The number of rotatable bonds is 6. The van der Waals surface area contributed by atoms with Crippen LogP contribution in [0.4, 0.5) is 10.1 Å². The molecule has 3 aromatic carbocycles. The van der Waals surface area contributed by atoms with E-state index in [9.17, 15) is 14.0 Å². The minimum Gasteiger partial charge on any atom is -0.312 e.